The van der Waals surface area contributed by atoms with Crippen LogP contribution >= 0.6 is 15.9 Å². The molecule has 3 aromatic carbocycles. The number of benzene rings is 3. The van der Waals surface area contributed by atoms with Gasteiger partial charge in [-0.3, -0.25) is 9.59 Å². The number of ether oxygens (including phenoxy) is 2. The Hall–Kier alpha value is -3.23. The van der Waals surface area contributed by atoms with E-state index in [1.165, 1.54) is 24.3 Å². The molecule has 31 heavy (non-hydrogen) atoms. The van der Waals surface area contributed by atoms with E-state index in [0.717, 1.165) is 0 Å². The molecule has 0 saturated carbocycles. The Balaban J connectivity index is 1.66. The van der Waals surface area contributed by atoms with Crippen molar-refractivity contribution in [3.05, 3.63) is 88.1 Å². The van der Waals surface area contributed by atoms with Crippen molar-refractivity contribution in [3.8, 4) is 5.75 Å². The average Bonchev–Trinajstić information content (AvgIpc) is 2.76. The smallest absolute Gasteiger partial charge is 0.255 e. The molecule has 0 bridgehead atoms. The van der Waals surface area contributed by atoms with Crippen LogP contribution in [0.25, 0.3) is 0 Å². The van der Waals surface area contributed by atoms with Crippen LogP contribution in [0.4, 0.5) is 15.8 Å². The molecule has 0 atom stereocenters. The van der Waals surface area contributed by atoms with Gasteiger partial charge in [0.25, 0.3) is 11.8 Å². The number of hydrogen-bond acceptors (Lipinski definition) is 4. The van der Waals surface area contributed by atoms with Gasteiger partial charge in [0.1, 0.15) is 18.2 Å². The van der Waals surface area contributed by atoms with Crippen molar-refractivity contribution in [3.63, 3.8) is 0 Å². The van der Waals surface area contributed by atoms with Crippen molar-refractivity contribution in [2.75, 3.05) is 31.0 Å². The number of rotatable bonds is 8. The Morgan fingerprint density at radius 3 is 2.23 bits per heavy atom. The Morgan fingerprint density at radius 1 is 0.871 bits per heavy atom. The first kappa shape index (κ1) is 22.5. The fourth-order valence-corrected chi connectivity index (χ4v) is 3.17. The fourth-order valence-electron chi connectivity index (χ4n) is 2.67. The zero-order valence-electron chi connectivity index (χ0n) is 16.7. The molecular weight excluding hydrogens is 467 g/mol. The summed E-state index contributed by atoms with van der Waals surface area (Å²) in [5.74, 6) is -0.486. The fraction of sp³-hybridized carbons (Fsp3) is 0.130. The van der Waals surface area contributed by atoms with Gasteiger partial charge in [-0.25, -0.2) is 4.39 Å². The van der Waals surface area contributed by atoms with Crippen LogP contribution in [0, 0.1) is 5.82 Å². The minimum absolute atomic E-state index is 0.333. The second kappa shape index (κ2) is 10.7. The van der Waals surface area contributed by atoms with E-state index in [1.54, 1.807) is 49.6 Å². The molecule has 6 nitrogen and oxygen atoms in total. The molecule has 0 fully saturated rings. The molecule has 0 aromatic heterocycles. The lowest BCUT2D eigenvalue weighted by Crippen LogP contribution is -2.15. The zero-order chi connectivity index (χ0) is 22.2. The Bertz CT molecular complexity index is 1070. The van der Waals surface area contributed by atoms with E-state index < -0.39 is 0 Å². The van der Waals surface area contributed by atoms with E-state index in [4.69, 9.17) is 9.47 Å². The van der Waals surface area contributed by atoms with Crippen LogP contribution in [0.5, 0.6) is 5.75 Å². The number of methoxy groups -OCH3 is 1. The quantitative estimate of drug-likeness (QED) is 0.433. The monoisotopic (exact) mass is 486 g/mol. The second-order valence-electron chi connectivity index (χ2n) is 6.48. The highest BCUT2D eigenvalue weighted by atomic mass is 79.9. The highest BCUT2D eigenvalue weighted by molar-refractivity contribution is 9.10. The SMILES string of the molecule is COCCOc1ccc(C(=O)Nc2cccc(C(=O)Nc3ccc(F)cc3)c2)cc1Br. The van der Waals surface area contributed by atoms with Crippen molar-refractivity contribution >= 4 is 39.1 Å². The first-order chi connectivity index (χ1) is 15.0. The predicted molar refractivity (Wildman–Crippen MR) is 120 cm³/mol. The van der Waals surface area contributed by atoms with E-state index in [9.17, 15) is 14.0 Å². The summed E-state index contributed by atoms with van der Waals surface area (Å²) in [6.45, 7) is 0.854. The topological polar surface area (TPSA) is 76.7 Å². The van der Waals surface area contributed by atoms with Gasteiger partial charge in [-0.15, -0.1) is 0 Å². The van der Waals surface area contributed by atoms with Gasteiger partial charge in [0, 0.05) is 29.6 Å². The number of carbonyl (C=O) groups is 2. The summed E-state index contributed by atoms with van der Waals surface area (Å²) in [7, 11) is 1.59. The van der Waals surface area contributed by atoms with Gasteiger partial charge < -0.3 is 20.1 Å². The summed E-state index contributed by atoms with van der Waals surface area (Å²) in [6, 6.07) is 17.0. The molecule has 2 amide bonds. The van der Waals surface area contributed by atoms with Crippen LogP contribution in [0.1, 0.15) is 20.7 Å². The van der Waals surface area contributed by atoms with Crippen LogP contribution in [0.15, 0.2) is 71.2 Å². The second-order valence-corrected chi connectivity index (χ2v) is 7.34. The molecule has 0 aliphatic heterocycles. The van der Waals surface area contributed by atoms with E-state index in [1.807, 2.05) is 0 Å². The predicted octanol–water partition coefficient (Wildman–Crippen LogP) is 5.12. The number of carbonyl (C=O) groups excluding carboxylic acids is 2. The summed E-state index contributed by atoms with van der Waals surface area (Å²) in [5, 5.41) is 5.46. The molecule has 0 spiro atoms. The summed E-state index contributed by atoms with van der Waals surface area (Å²) < 4.78 is 24.2. The van der Waals surface area contributed by atoms with Gasteiger partial charge in [-0.05, 0) is 76.6 Å². The number of halogens is 2. The lowest BCUT2D eigenvalue weighted by atomic mass is 10.1. The van der Waals surface area contributed by atoms with Crippen LogP contribution in [-0.4, -0.2) is 32.1 Å². The molecule has 0 unspecified atom stereocenters. The third kappa shape index (κ3) is 6.37. The molecule has 0 saturated heterocycles. The van der Waals surface area contributed by atoms with Gasteiger partial charge in [0.05, 0.1) is 11.1 Å². The number of amides is 2. The molecular formula is C23H20BrFN2O4. The molecule has 0 aliphatic rings. The van der Waals surface area contributed by atoms with E-state index in [0.29, 0.717) is 45.9 Å². The van der Waals surface area contributed by atoms with Gasteiger partial charge >= 0.3 is 0 Å². The summed E-state index contributed by atoms with van der Waals surface area (Å²) in [6.07, 6.45) is 0. The average molecular weight is 487 g/mol. The largest absolute Gasteiger partial charge is 0.490 e. The van der Waals surface area contributed by atoms with Gasteiger partial charge in [-0.1, -0.05) is 6.07 Å². The third-order valence-corrected chi connectivity index (χ3v) is 4.84. The van der Waals surface area contributed by atoms with E-state index in [2.05, 4.69) is 26.6 Å². The minimum Gasteiger partial charge on any atom is -0.490 e. The Labute approximate surface area is 187 Å². The standard InChI is InChI=1S/C23H20BrFN2O4/c1-30-11-12-31-21-10-5-16(14-20(21)24)23(29)27-19-4-2-3-15(13-19)22(28)26-18-8-6-17(25)7-9-18/h2-10,13-14H,11-12H2,1H3,(H,26,28)(H,27,29). The van der Waals surface area contributed by atoms with Gasteiger partial charge in [0.2, 0.25) is 0 Å². The summed E-state index contributed by atoms with van der Waals surface area (Å²) in [4.78, 5) is 25.1. The first-order valence-electron chi connectivity index (χ1n) is 9.36. The molecule has 0 radical (unpaired) electrons. The maximum absolute atomic E-state index is 13.0. The lowest BCUT2D eigenvalue weighted by molar-refractivity contribution is 0.101. The highest BCUT2D eigenvalue weighted by Crippen LogP contribution is 2.26. The van der Waals surface area contributed by atoms with Crippen LogP contribution in [-0.2, 0) is 4.74 Å². The first-order valence-corrected chi connectivity index (χ1v) is 10.1. The Morgan fingerprint density at radius 2 is 1.55 bits per heavy atom. The van der Waals surface area contributed by atoms with Crippen LogP contribution < -0.4 is 15.4 Å². The lowest BCUT2D eigenvalue weighted by Gasteiger charge is -2.11. The van der Waals surface area contributed by atoms with Crippen molar-refractivity contribution in [1.82, 2.24) is 0 Å². The molecule has 8 heteroatoms. The molecule has 2 N–H and O–H groups in total. The Kier molecular flexibility index (Phi) is 7.75. The van der Waals surface area contributed by atoms with Crippen LogP contribution in [0.2, 0.25) is 0 Å². The van der Waals surface area contributed by atoms with E-state index >= 15 is 0 Å². The third-order valence-electron chi connectivity index (χ3n) is 4.22. The zero-order valence-corrected chi connectivity index (χ0v) is 18.2. The van der Waals surface area contributed by atoms with Gasteiger partial charge in [0.15, 0.2) is 0 Å². The molecule has 0 heterocycles. The van der Waals surface area contributed by atoms with Gasteiger partial charge in [-0.2, -0.15) is 0 Å². The molecule has 0 aliphatic carbocycles. The normalized spacial score (nSPS) is 10.4. The van der Waals surface area contributed by atoms with Crippen molar-refractivity contribution in [2.24, 2.45) is 0 Å². The van der Waals surface area contributed by atoms with Crippen molar-refractivity contribution < 1.29 is 23.5 Å². The highest BCUT2D eigenvalue weighted by Gasteiger charge is 2.12. The molecule has 3 aromatic rings. The number of hydrogen-bond donors (Lipinski definition) is 2. The van der Waals surface area contributed by atoms with Crippen molar-refractivity contribution in [2.45, 2.75) is 0 Å². The molecule has 160 valence electrons. The van der Waals surface area contributed by atoms with Crippen LogP contribution in [0.3, 0.4) is 0 Å². The summed E-state index contributed by atoms with van der Waals surface area (Å²) >= 11 is 3.40. The van der Waals surface area contributed by atoms with Crippen molar-refractivity contribution in [1.29, 1.82) is 0 Å². The number of nitrogens with one attached hydrogen (secondary N) is 2. The number of anilines is 2. The van der Waals surface area contributed by atoms with E-state index in [-0.39, 0.29) is 17.6 Å². The maximum Gasteiger partial charge on any atom is 0.255 e. The summed E-state index contributed by atoms with van der Waals surface area (Å²) in [5.41, 5.74) is 1.71. The molecule has 3 rings (SSSR count). The minimum atomic E-state index is -0.385. The maximum atomic E-state index is 13.0.